The summed E-state index contributed by atoms with van der Waals surface area (Å²) in [7, 11) is -2.33. The number of nitrogens with one attached hydrogen (secondary N) is 2. The van der Waals surface area contributed by atoms with Crippen LogP contribution in [0.1, 0.15) is 58.1 Å². The number of phenolic OH excluding ortho intramolecular Hbond substituents is 2. The van der Waals surface area contributed by atoms with Gasteiger partial charge in [-0.25, -0.2) is 13.1 Å². The first-order valence-corrected chi connectivity index (χ1v) is 14.0. The molecule has 0 spiro atoms. The van der Waals surface area contributed by atoms with Crippen LogP contribution in [0.25, 0.3) is 6.08 Å². The lowest BCUT2D eigenvalue weighted by Gasteiger charge is -2.25. The van der Waals surface area contributed by atoms with Crippen LogP contribution >= 0.6 is 0 Å². The molecule has 0 saturated carbocycles. The number of amides is 1. The number of phenols is 2. The molecule has 8 heteroatoms. The summed E-state index contributed by atoms with van der Waals surface area (Å²) in [4.78, 5) is 13.5. The molecule has 0 bridgehead atoms. The number of carbonyl (C=O) groups is 1. The maximum atomic E-state index is 13.4. The molecule has 1 heterocycles. The smallest absolute Gasteiger partial charge is 0.240 e. The highest BCUT2D eigenvalue weighted by atomic mass is 32.2. The Morgan fingerprint density at radius 1 is 0.973 bits per heavy atom. The van der Waals surface area contributed by atoms with Crippen molar-refractivity contribution in [1.29, 1.82) is 0 Å². The van der Waals surface area contributed by atoms with E-state index in [4.69, 9.17) is 0 Å². The summed E-state index contributed by atoms with van der Waals surface area (Å²) >= 11 is 0. The predicted molar refractivity (Wildman–Crippen MR) is 141 cm³/mol. The van der Waals surface area contributed by atoms with Gasteiger partial charge in [0.15, 0.2) is 0 Å². The number of hydrogen-bond donors (Lipinski definition) is 4. The van der Waals surface area contributed by atoms with E-state index in [1.165, 1.54) is 13.1 Å². The minimum atomic E-state index is -3.69. The number of aromatic hydroxyl groups is 2. The highest BCUT2D eigenvalue weighted by molar-refractivity contribution is 7.89. The molecule has 6 rings (SSSR count). The van der Waals surface area contributed by atoms with Gasteiger partial charge in [0.2, 0.25) is 15.9 Å². The molecular formula is C29H28N2O5S. The maximum Gasteiger partial charge on any atom is 0.240 e. The Kier molecular flexibility index (Phi) is 5.62. The Morgan fingerprint density at radius 3 is 2.51 bits per heavy atom. The molecular weight excluding hydrogens is 488 g/mol. The molecule has 0 saturated heterocycles. The first kappa shape index (κ1) is 23.8. The minimum Gasteiger partial charge on any atom is -0.508 e. The predicted octanol–water partition coefficient (Wildman–Crippen LogP) is 4.34. The fourth-order valence-electron chi connectivity index (χ4n) is 6.17. The number of rotatable bonds is 5. The molecule has 190 valence electrons. The lowest BCUT2D eigenvalue weighted by molar-refractivity contribution is -0.117. The number of anilines is 1. The fraction of sp³-hybridized carbons (Fsp3) is 0.276. The Bertz CT molecular complexity index is 1590. The van der Waals surface area contributed by atoms with Gasteiger partial charge in [-0.1, -0.05) is 35.9 Å². The monoisotopic (exact) mass is 516 g/mol. The normalized spacial score (nSPS) is 20.1. The van der Waals surface area contributed by atoms with Crippen molar-refractivity contribution in [2.24, 2.45) is 0 Å². The van der Waals surface area contributed by atoms with Crippen LogP contribution in [0.4, 0.5) is 5.69 Å². The Balaban J connectivity index is 1.45. The van der Waals surface area contributed by atoms with Gasteiger partial charge in [0.25, 0.3) is 0 Å². The summed E-state index contributed by atoms with van der Waals surface area (Å²) < 4.78 is 27.4. The number of hydrogen-bond acceptors (Lipinski definition) is 5. The third-order valence-corrected chi connectivity index (χ3v) is 9.37. The zero-order valence-corrected chi connectivity index (χ0v) is 21.2. The van der Waals surface area contributed by atoms with Gasteiger partial charge in [0, 0.05) is 28.3 Å². The van der Waals surface area contributed by atoms with Crippen molar-refractivity contribution in [1.82, 2.24) is 4.72 Å². The van der Waals surface area contributed by atoms with Crippen molar-refractivity contribution in [2.45, 2.75) is 48.8 Å². The first-order chi connectivity index (χ1) is 17.8. The second-order valence-corrected chi connectivity index (χ2v) is 11.9. The molecule has 3 aromatic rings. The molecule has 2 atom stereocenters. The largest absolute Gasteiger partial charge is 0.508 e. The van der Waals surface area contributed by atoms with E-state index >= 15 is 0 Å². The zero-order chi connectivity index (χ0) is 25.9. The Labute approximate surface area is 215 Å². The van der Waals surface area contributed by atoms with Crippen molar-refractivity contribution >= 4 is 27.7 Å². The highest BCUT2D eigenvalue weighted by Crippen LogP contribution is 2.51. The van der Waals surface area contributed by atoms with Crippen LogP contribution in [0, 0.1) is 0 Å². The van der Waals surface area contributed by atoms with Gasteiger partial charge >= 0.3 is 0 Å². The quantitative estimate of drug-likeness (QED) is 0.377. The van der Waals surface area contributed by atoms with E-state index < -0.39 is 15.9 Å². The molecule has 37 heavy (non-hydrogen) atoms. The van der Waals surface area contributed by atoms with E-state index in [2.05, 4.69) is 16.1 Å². The number of carbonyl (C=O) groups excluding carboxylic acids is 1. The Morgan fingerprint density at radius 2 is 1.73 bits per heavy atom. The topological polar surface area (TPSA) is 116 Å². The van der Waals surface area contributed by atoms with Crippen molar-refractivity contribution in [3.05, 3.63) is 87.5 Å². The van der Waals surface area contributed by atoms with Gasteiger partial charge in [-0.2, -0.15) is 0 Å². The Hall–Kier alpha value is -3.62. The minimum absolute atomic E-state index is 0.101. The van der Waals surface area contributed by atoms with Crippen LogP contribution in [0.3, 0.4) is 0 Å². The SMILES string of the molecule is CNS(=O)(=O)c1ccc2c(c1)C(C1C(Cc3cc(O)c4c(c3O)CCCC4)=Cc3ccccc31)C(=O)N2. The summed E-state index contributed by atoms with van der Waals surface area (Å²) in [6.07, 6.45) is 5.85. The van der Waals surface area contributed by atoms with Crippen LogP contribution < -0.4 is 10.0 Å². The molecule has 3 aromatic carbocycles. The molecule has 3 aliphatic rings. The summed E-state index contributed by atoms with van der Waals surface area (Å²) in [5.74, 6) is -0.741. The standard InChI is InChI=1S/C29H28N2O5S/c1-30-37(35,36)19-10-11-24-23(15-19)27(29(34)31-24)26-17(12-16-6-2-3-7-20(16)26)13-18-14-25(32)21-8-4-5-9-22(21)28(18)33/h2-3,6-7,10-12,14-15,26-27,30,32-33H,4-5,8-9,13H2,1H3,(H,31,34). The van der Waals surface area contributed by atoms with Crippen LogP contribution in [0.2, 0.25) is 0 Å². The summed E-state index contributed by atoms with van der Waals surface area (Å²) in [6.45, 7) is 0. The van der Waals surface area contributed by atoms with E-state index in [-0.39, 0.29) is 28.2 Å². The summed E-state index contributed by atoms with van der Waals surface area (Å²) in [5, 5.41) is 24.8. The van der Waals surface area contributed by atoms with E-state index in [9.17, 15) is 23.4 Å². The van der Waals surface area contributed by atoms with Gasteiger partial charge in [0.1, 0.15) is 11.5 Å². The third kappa shape index (κ3) is 3.83. The maximum absolute atomic E-state index is 13.4. The molecule has 0 radical (unpaired) electrons. The second kappa shape index (κ2) is 8.75. The van der Waals surface area contributed by atoms with E-state index in [1.54, 1.807) is 18.2 Å². The number of sulfonamides is 1. The summed E-state index contributed by atoms with van der Waals surface area (Å²) in [5.41, 5.74) is 6.41. The van der Waals surface area contributed by atoms with Crippen molar-refractivity contribution in [3.63, 3.8) is 0 Å². The average Bonchev–Trinajstić information content (AvgIpc) is 3.42. The van der Waals surface area contributed by atoms with Crippen molar-refractivity contribution < 1.29 is 23.4 Å². The van der Waals surface area contributed by atoms with Crippen LogP contribution in [0.15, 0.2) is 59.0 Å². The van der Waals surface area contributed by atoms with Gasteiger partial charge < -0.3 is 15.5 Å². The van der Waals surface area contributed by atoms with Crippen LogP contribution in [0.5, 0.6) is 11.5 Å². The first-order valence-electron chi connectivity index (χ1n) is 12.5. The van der Waals surface area contributed by atoms with E-state index in [1.807, 2.05) is 24.3 Å². The fourth-order valence-corrected chi connectivity index (χ4v) is 6.93. The van der Waals surface area contributed by atoms with Crippen molar-refractivity contribution in [3.8, 4) is 11.5 Å². The molecule has 0 fully saturated rings. The van der Waals surface area contributed by atoms with E-state index in [0.717, 1.165) is 53.5 Å². The lowest BCUT2D eigenvalue weighted by atomic mass is 9.78. The number of allylic oxidation sites excluding steroid dienone is 1. The number of benzene rings is 3. The number of fused-ring (bicyclic) bond motifs is 3. The molecule has 1 aliphatic heterocycles. The van der Waals surface area contributed by atoms with Crippen LogP contribution in [-0.2, 0) is 34.1 Å². The molecule has 2 unspecified atom stereocenters. The lowest BCUT2D eigenvalue weighted by Crippen LogP contribution is -2.21. The zero-order valence-electron chi connectivity index (χ0n) is 20.4. The van der Waals surface area contributed by atoms with Gasteiger partial charge in [-0.05, 0) is 80.1 Å². The van der Waals surface area contributed by atoms with Gasteiger partial charge in [0.05, 0.1) is 10.8 Å². The van der Waals surface area contributed by atoms with Gasteiger partial charge in [-0.3, -0.25) is 4.79 Å². The molecule has 4 N–H and O–H groups in total. The molecule has 2 aliphatic carbocycles. The highest BCUT2D eigenvalue weighted by Gasteiger charge is 2.42. The summed E-state index contributed by atoms with van der Waals surface area (Å²) in [6, 6.07) is 14.2. The molecule has 0 aromatic heterocycles. The van der Waals surface area contributed by atoms with E-state index in [0.29, 0.717) is 23.2 Å². The second-order valence-electron chi connectivity index (χ2n) is 9.99. The molecule has 1 amide bonds. The average molecular weight is 517 g/mol. The van der Waals surface area contributed by atoms with Crippen LogP contribution in [-0.4, -0.2) is 31.6 Å². The molecule has 7 nitrogen and oxygen atoms in total. The third-order valence-electron chi connectivity index (χ3n) is 7.95. The van der Waals surface area contributed by atoms with Crippen molar-refractivity contribution in [2.75, 3.05) is 12.4 Å². The van der Waals surface area contributed by atoms with Gasteiger partial charge in [-0.15, -0.1) is 0 Å².